The first-order chi connectivity index (χ1) is 12.4. The van der Waals surface area contributed by atoms with E-state index >= 15 is 0 Å². The molecular formula is C17H19N3O6. The van der Waals surface area contributed by atoms with Crippen molar-refractivity contribution in [2.24, 2.45) is 0 Å². The number of imide groups is 1. The standard InChI is InChI=1S/C17H19N3O6/c21-9-20-14(22)4-3-13(16(20)24)19-8-11-2-1-10(5-6-18-17(25)26)7-12(11)15(19)23/h1-2,7,13,18,21H,3-6,8-9H2,(H,25,26)/t13-/m0/s1. The van der Waals surface area contributed by atoms with Gasteiger partial charge in [0.2, 0.25) is 5.91 Å². The van der Waals surface area contributed by atoms with Gasteiger partial charge in [-0.05, 0) is 30.0 Å². The molecule has 0 radical (unpaired) electrons. The molecule has 1 atom stereocenters. The Bertz CT molecular complexity index is 778. The number of carboxylic acid groups (broad SMARTS) is 1. The van der Waals surface area contributed by atoms with Crippen LogP contribution in [0.5, 0.6) is 0 Å². The molecule has 0 aliphatic carbocycles. The Hall–Kier alpha value is -2.94. The number of hydrogen-bond donors (Lipinski definition) is 3. The third-order valence-electron chi connectivity index (χ3n) is 4.70. The number of rotatable bonds is 5. The summed E-state index contributed by atoms with van der Waals surface area (Å²) < 4.78 is 0. The SMILES string of the molecule is O=C(O)NCCc1ccc2c(c1)C(=O)N([C@H]1CCC(=O)N(CO)C1=O)C2. The Morgan fingerprint density at radius 2 is 2.04 bits per heavy atom. The molecule has 1 fully saturated rings. The number of aliphatic hydroxyl groups excluding tert-OH is 1. The first-order valence-corrected chi connectivity index (χ1v) is 8.27. The highest BCUT2D eigenvalue weighted by molar-refractivity contribution is 6.05. The van der Waals surface area contributed by atoms with Crippen LogP contribution in [0.4, 0.5) is 4.79 Å². The maximum atomic E-state index is 12.8. The lowest BCUT2D eigenvalue weighted by atomic mass is 10.0. The number of carbonyl (C=O) groups is 4. The number of likely N-dealkylation sites (tertiary alicyclic amines) is 1. The van der Waals surface area contributed by atoms with Gasteiger partial charge in [-0.3, -0.25) is 19.3 Å². The van der Waals surface area contributed by atoms with Crippen molar-refractivity contribution in [3.05, 3.63) is 34.9 Å². The van der Waals surface area contributed by atoms with Crippen LogP contribution in [-0.4, -0.2) is 63.1 Å². The van der Waals surface area contributed by atoms with E-state index in [1.165, 1.54) is 4.90 Å². The number of amides is 4. The fraction of sp³-hybridized carbons (Fsp3) is 0.412. The Labute approximate surface area is 149 Å². The van der Waals surface area contributed by atoms with Crippen LogP contribution in [-0.2, 0) is 22.6 Å². The molecule has 1 aromatic rings. The molecule has 1 saturated heterocycles. The number of hydrogen-bond acceptors (Lipinski definition) is 5. The molecule has 0 saturated carbocycles. The Morgan fingerprint density at radius 3 is 2.73 bits per heavy atom. The second-order valence-electron chi connectivity index (χ2n) is 6.26. The van der Waals surface area contributed by atoms with E-state index in [1.807, 2.05) is 6.07 Å². The fourth-order valence-corrected chi connectivity index (χ4v) is 3.35. The van der Waals surface area contributed by atoms with Crippen LogP contribution >= 0.6 is 0 Å². The van der Waals surface area contributed by atoms with Gasteiger partial charge in [0.25, 0.3) is 11.8 Å². The van der Waals surface area contributed by atoms with E-state index in [0.29, 0.717) is 12.0 Å². The molecule has 2 aliphatic rings. The summed E-state index contributed by atoms with van der Waals surface area (Å²) in [4.78, 5) is 49.5. The number of aliphatic hydroxyl groups is 1. The molecule has 9 nitrogen and oxygen atoms in total. The van der Waals surface area contributed by atoms with E-state index in [2.05, 4.69) is 5.32 Å². The minimum atomic E-state index is -1.10. The van der Waals surface area contributed by atoms with E-state index in [9.17, 15) is 24.3 Å². The van der Waals surface area contributed by atoms with Crippen LogP contribution < -0.4 is 5.32 Å². The van der Waals surface area contributed by atoms with Gasteiger partial charge in [-0.2, -0.15) is 0 Å². The molecule has 3 N–H and O–H groups in total. The van der Waals surface area contributed by atoms with Crippen LogP contribution in [0, 0.1) is 0 Å². The van der Waals surface area contributed by atoms with Gasteiger partial charge in [0.05, 0.1) is 0 Å². The van der Waals surface area contributed by atoms with Crippen molar-refractivity contribution in [2.75, 3.05) is 13.3 Å². The fourth-order valence-electron chi connectivity index (χ4n) is 3.35. The van der Waals surface area contributed by atoms with Crippen molar-refractivity contribution in [2.45, 2.75) is 31.8 Å². The molecule has 0 unspecified atom stereocenters. The number of fused-ring (bicyclic) bond motifs is 1. The lowest BCUT2D eigenvalue weighted by molar-refractivity contribution is -0.156. The average Bonchev–Trinajstić information content (AvgIpc) is 2.92. The smallest absolute Gasteiger partial charge is 0.404 e. The molecule has 26 heavy (non-hydrogen) atoms. The van der Waals surface area contributed by atoms with E-state index < -0.39 is 30.7 Å². The van der Waals surface area contributed by atoms with Gasteiger partial charge in [-0.1, -0.05) is 12.1 Å². The lowest BCUT2D eigenvalue weighted by Gasteiger charge is -2.34. The largest absolute Gasteiger partial charge is 0.465 e. The number of nitrogens with one attached hydrogen (secondary N) is 1. The molecule has 1 aromatic carbocycles. The van der Waals surface area contributed by atoms with Crippen molar-refractivity contribution in [3.63, 3.8) is 0 Å². The van der Waals surface area contributed by atoms with Gasteiger partial charge >= 0.3 is 6.09 Å². The van der Waals surface area contributed by atoms with Gasteiger partial charge in [0.15, 0.2) is 0 Å². The van der Waals surface area contributed by atoms with Crippen LogP contribution in [0.25, 0.3) is 0 Å². The monoisotopic (exact) mass is 361 g/mol. The summed E-state index contributed by atoms with van der Waals surface area (Å²) in [5, 5.41) is 20.1. The molecule has 2 heterocycles. The van der Waals surface area contributed by atoms with Crippen molar-refractivity contribution in [3.8, 4) is 0 Å². The molecule has 3 rings (SSSR count). The average molecular weight is 361 g/mol. The zero-order chi connectivity index (χ0) is 18.8. The molecule has 0 bridgehead atoms. The zero-order valence-electron chi connectivity index (χ0n) is 14.0. The number of piperidine rings is 1. The minimum absolute atomic E-state index is 0.100. The molecule has 9 heteroatoms. The molecule has 0 aromatic heterocycles. The molecule has 4 amide bonds. The Morgan fingerprint density at radius 1 is 1.27 bits per heavy atom. The molecule has 0 spiro atoms. The third kappa shape index (κ3) is 3.25. The number of nitrogens with zero attached hydrogens (tertiary/aromatic N) is 2. The van der Waals surface area contributed by atoms with Gasteiger partial charge in [-0.15, -0.1) is 0 Å². The highest BCUT2D eigenvalue weighted by Crippen LogP contribution is 2.29. The maximum absolute atomic E-state index is 12.8. The summed E-state index contributed by atoms with van der Waals surface area (Å²) in [6.45, 7) is -0.184. The highest BCUT2D eigenvalue weighted by Gasteiger charge is 2.42. The quantitative estimate of drug-likeness (QED) is 0.630. The van der Waals surface area contributed by atoms with Gasteiger partial charge in [0, 0.05) is 25.1 Å². The molecular weight excluding hydrogens is 342 g/mol. The second kappa shape index (κ2) is 7.12. The van der Waals surface area contributed by atoms with Crippen LogP contribution in [0.15, 0.2) is 18.2 Å². The molecule has 2 aliphatic heterocycles. The van der Waals surface area contributed by atoms with Crippen LogP contribution in [0.3, 0.4) is 0 Å². The van der Waals surface area contributed by atoms with E-state index in [-0.39, 0.29) is 31.8 Å². The second-order valence-corrected chi connectivity index (χ2v) is 6.26. The lowest BCUT2D eigenvalue weighted by Crippen LogP contribution is -2.54. The topological polar surface area (TPSA) is 127 Å². The summed E-state index contributed by atoms with van der Waals surface area (Å²) in [5.74, 6) is -1.29. The first kappa shape index (κ1) is 17.9. The maximum Gasteiger partial charge on any atom is 0.404 e. The minimum Gasteiger partial charge on any atom is -0.465 e. The normalized spacial score (nSPS) is 19.7. The Kier molecular flexibility index (Phi) is 4.90. The van der Waals surface area contributed by atoms with Gasteiger partial charge in [0.1, 0.15) is 12.8 Å². The summed E-state index contributed by atoms with van der Waals surface area (Å²) in [6, 6.07) is 4.57. The van der Waals surface area contributed by atoms with Crippen LogP contribution in [0.1, 0.15) is 34.3 Å². The van der Waals surface area contributed by atoms with Crippen molar-refractivity contribution in [1.82, 2.24) is 15.1 Å². The summed E-state index contributed by atoms with van der Waals surface area (Å²) in [5.41, 5.74) is 2.08. The van der Waals surface area contributed by atoms with Gasteiger partial charge < -0.3 is 20.4 Å². The van der Waals surface area contributed by atoms with Gasteiger partial charge in [-0.25, -0.2) is 4.79 Å². The van der Waals surface area contributed by atoms with Crippen molar-refractivity contribution in [1.29, 1.82) is 0 Å². The van der Waals surface area contributed by atoms with E-state index in [0.717, 1.165) is 16.0 Å². The van der Waals surface area contributed by atoms with Crippen molar-refractivity contribution < 1.29 is 29.4 Å². The third-order valence-corrected chi connectivity index (χ3v) is 4.70. The Balaban J connectivity index is 1.74. The number of benzene rings is 1. The highest BCUT2D eigenvalue weighted by atomic mass is 16.4. The molecule has 138 valence electrons. The predicted molar refractivity (Wildman–Crippen MR) is 88.0 cm³/mol. The van der Waals surface area contributed by atoms with Crippen LogP contribution in [0.2, 0.25) is 0 Å². The van der Waals surface area contributed by atoms with E-state index in [1.54, 1.807) is 12.1 Å². The number of carbonyl (C=O) groups excluding carboxylic acids is 3. The first-order valence-electron chi connectivity index (χ1n) is 8.27. The summed E-state index contributed by atoms with van der Waals surface area (Å²) >= 11 is 0. The summed E-state index contributed by atoms with van der Waals surface area (Å²) in [6.07, 6.45) is -0.318. The summed E-state index contributed by atoms with van der Waals surface area (Å²) in [7, 11) is 0. The zero-order valence-corrected chi connectivity index (χ0v) is 14.0. The van der Waals surface area contributed by atoms with Crippen molar-refractivity contribution >= 4 is 23.8 Å². The predicted octanol–water partition coefficient (Wildman–Crippen LogP) is -0.0801. The van der Waals surface area contributed by atoms with E-state index in [4.69, 9.17) is 5.11 Å².